The minimum atomic E-state index is -0.0901. The van der Waals surface area contributed by atoms with Gasteiger partial charge in [0.25, 0.3) is 0 Å². The number of carbonyl (C=O) groups is 1. The van der Waals surface area contributed by atoms with Crippen molar-refractivity contribution in [2.75, 3.05) is 5.32 Å². The number of amides is 1. The molecule has 0 aliphatic rings. The molecule has 0 spiro atoms. The van der Waals surface area contributed by atoms with Gasteiger partial charge in [0.1, 0.15) is 0 Å². The quantitative estimate of drug-likeness (QED) is 0.777. The molecule has 2 rings (SSSR count). The van der Waals surface area contributed by atoms with Gasteiger partial charge in [-0.05, 0) is 29.8 Å². The zero-order chi connectivity index (χ0) is 10.7. The predicted molar refractivity (Wildman–Crippen MR) is 57.2 cm³/mol. The lowest BCUT2D eigenvalue weighted by atomic mass is 10.1. The first-order valence-electron chi connectivity index (χ1n) is 4.53. The van der Waals surface area contributed by atoms with E-state index in [4.69, 9.17) is 0 Å². The van der Waals surface area contributed by atoms with Crippen molar-refractivity contribution in [3.05, 3.63) is 36.7 Å². The summed E-state index contributed by atoms with van der Waals surface area (Å²) in [6, 6.07) is 8.42. The van der Waals surface area contributed by atoms with Crippen molar-refractivity contribution in [3.63, 3.8) is 0 Å². The molecule has 4 heteroatoms. The van der Waals surface area contributed by atoms with Crippen molar-refractivity contribution < 1.29 is 4.79 Å². The van der Waals surface area contributed by atoms with Gasteiger partial charge >= 0.3 is 0 Å². The fourth-order valence-electron chi connectivity index (χ4n) is 1.32. The second-order valence-corrected chi connectivity index (χ2v) is 3.18. The van der Waals surface area contributed by atoms with Crippen molar-refractivity contribution in [1.82, 2.24) is 10.2 Å². The fraction of sp³-hybridized carbons (Fsp3) is 0.0909. The number of hydrogen-bond donors (Lipinski definition) is 2. The molecular formula is C11H10N3O. The molecule has 75 valence electrons. The van der Waals surface area contributed by atoms with Gasteiger partial charge in [0.2, 0.25) is 5.91 Å². The smallest absolute Gasteiger partial charge is 0.221 e. The number of anilines is 1. The minimum absolute atomic E-state index is 0.0901. The van der Waals surface area contributed by atoms with Crippen LogP contribution in [0.5, 0.6) is 0 Å². The van der Waals surface area contributed by atoms with Gasteiger partial charge in [-0.2, -0.15) is 5.10 Å². The van der Waals surface area contributed by atoms with Crippen LogP contribution in [-0.2, 0) is 4.79 Å². The van der Waals surface area contributed by atoms with Crippen molar-refractivity contribution >= 4 is 11.6 Å². The maximum absolute atomic E-state index is 10.9. The molecule has 2 aromatic rings. The predicted octanol–water partition coefficient (Wildman–Crippen LogP) is 1.84. The van der Waals surface area contributed by atoms with E-state index in [1.807, 2.05) is 12.1 Å². The highest BCUT2D eigenvalue weighted by Gasteiger charge is 2.00. The average molecular weight is 200 g/mol. The van der Waals surface area contributed by atoms with E-state index in [1.54, 1.807) is 18.5 Å². The molecule has 0 bridgehead atoms. The van der Waals surface area contributed by atoms with Crippen molar-refractivity contribution in [2.24, 2.45) is 0 Å². The molecule has 0 aliphatic heterocycles. The van der Waals surface area contributed by atoms with Gasteiger partial charge in [0.15, 0.2) is 0 Å². The van der Waals surface area contributed by atoms with Gasteiger partial charge in [-0.15, -0.1) is 0 Å². The van der Waals surface area contributed by atoms with Crippen LogP contribution >= 0.6 is 0 Å². The third-order valence-electron chi connectivity index (χ3n) is 1.94. The second kappa shape index (κ2) is 3.96. The van der Waals surface area contributed by atoms with Crippen LogP contribution in [0.3, 0.4) is 0 Å². The largest absolute Gasteiger partial charge is 0.326 e. The van der Waals surface area contributed by atoms with Crippen molar-refractivity contribution in [1.29, 1.82) is 0 Å². The summed E-state index contributed by atoms with van der Waals surface area (Å²) in [7, 11) is 0. The summed E-state index contributed by atoms with van der Waals surface area (Å²) < 4.78 is 0. The number of aromatic amines is 1. The lowest BCUT2D eigenvalue weighted by Gasteiger charge is -2.03. The lowest BCUT2D eigenvalue weighted by molar-refractivity contribution is -0.114. The Balaban J connectivity index is 2.31. The maximum Gasteiger partial charge on any atom is 0.221 e. The van der Waals surface area contributed by atoms with Crippen LogP contribution in [0.2, 0.25) is 0 Å². The Labute approximate surface area is 87.3 Å². The summed E-state index contributed by atoms with van der Waals surface area (Å²) in [6.07, 6.45) is 3.52. The van der Waals surface area contributed by atoms with Crippen LogP contribution in [0, 0.1) is 6.07 Å². The number of benzene rings is 1. The summed E-state index contributed by atoms with van der Waals surface area (Å²) in [6.45, 7) is 1.48. The van der Waals surface area contributed by atoms with Gasteiger partial charge in [-0.1, -0.05) is 0 Å². The highest BCUT2D eigenvalue weighted by molar-refractivity contribution is 5.89. The first kappa shape index (κ1) is 9.45. The fourth-order valence-corrected chi connectivity index (χ4v) is 1.32. The van der Waals surface area contributed by atoms with Gasteiger partial charge in [0.05, 0.1) is 6.20 Å². The van der Waals surface area contributed by atoms with E-state index in [2.05, 4.69) is 21.6 Å². The van der Waals surface area contributed by atoms with Gasteiger partial charge in [0, 0.05) is 24.4 Å². The third-order valence-corrected chi connectivity index (χ3v) is 1.94. The van der Waals surface area contributed by atoms with Crippen molar-refractivity contribution in [2.45, 2.75) is 6.92 Å². The summed E-state index contributed by atoms with van der Waals surface area (Å²) in [4.78, 5) is 10.9. The Morgan fingerprint density at radius 2 is 2.33 bits per heavy atom. The first-order chi connectivity index (χ1) is 7.25. The van der Waals surface area contributed by atoms with Crippen LogP contribution in [0.25, 0.3) is 11.1 Å². The van der Waals surface area contributed by atoms with E-state index in [-0.39, 0.29) is 5.91 Å². The van der Waals surface area contributed by atoms with Crippen LogP contribution in [-0.4, -0.2) is 16.1 Å². The summed E-state index contributed by atoms with van der Waals surface area (Å²) in [5, 5.41) is 9.31. The molecule has 1 aromatic carbocycles. The second-order valence-electron chi connectivity index (χ2n) is 3.18. The third kappa shape index (κ3) is 2.22. The topological polar surface area (TPSA) is 57.8 Å². The number of H-pyrrole nitrogens is 1. The van der Waals surface area contributed by atoms with Gasteiger partial charge in [-0.3, -0.25) is 9.89 Å². The highest BCUT2D eigenvalue weighted by Crippen LogP contribution is 2.20. The molecule has 0 unspecified atom stereocenters. The zero-order valence-electron chi connectivity index (χ0n) is 8.24. The number of nitrogens with zero attached hydrogens (tertiary/aromatic N) is 1. The van der Waals surface area contributed by atoms with E-state index < -0.39 is 0 Å². The van der Waals surface area contributed by atoms with Crippen LogP contribution in [0.15, 0.2) is 30.6 Å². The Bertz CT molecular complexity index is 462. The molecule has 0 aliphatic carbocycles. The molecule has 0 saturated heterocycles. The Morgan fingerprint density at radius 1 is 1.47 bits per heavy atom. The standard InChI is InChI=1S/C11H10N3O/c1-8(15)14-11-4-2-3-9(5-11)10-6-12-13-7-10/h3-7H,1H3,(H,12,13)(H,14,15). The molecule has 0 fully saturated rings. The minimum Gasteiger partial charge on any atom is -0.326 e. The van der Waals surface area contributed by atoms with Gasteiger partial charge < -0.3 is 5.32 Å². The summed E-state index contributed by atoms with van der Waals surface area (Å²) >= 11 is 0. The van der Waals surface area contributed by atoms with Crippen molar-refractivity contribution in [3.8, 4) is 11.1 Å². The Morgan fingerprint density at radius 3 is 3.00 bits per heavy atom. The lowest BCUT2D eigenvalue weighted by Crippen LogP contribution is -2.05. The Kier molecular flexibility index (Phi) is 2.49. The molecule has 1 heterocycles. The van der Waals surface area contributed by atoms with E-state index in [0.717, 1.165) is 16.8 Å². The number of aromatic nitrogens is 2. The van der Waals surface area contributed by atoms with E-state index in [1.165, 1.54) is 6.92 Å². The van der Waals surface area contributed by atoms with Gasteiger partial charge in [-0.25, -0.2) is 0 Å². The molecule has 15 heavy (non-hydrogen) atoms. The van der Waals surface area contributed by atoms with Crippen LogP contribution in [0.4, 0.5) is 5.69 Å². The monoisotopic (exact) mass is 200 g/mol. The zero-order valence-corrected chi connectivity index (χ0v) is 8.24. The normalized spacial score (nSPS) is 9.93. The van der Waals surface area contributed by atoms with Crippen LogP contribution in [0.1, 0.15) is 6.92 Å². The molecule has 4 nitrogen and oxygen atoms in total. The molecule has 0 saturated carbocycles. The SMILES string of the molecule is CC(=O)Nc1c[c]cc(-c2cn[nH]c2)c1. The Hall–Kier alpha value is -2.10. The number of rotatable bonds is 2. The number of hydrogen-bond acceptors (Lipinski definition) is 2. The first-order valence-corrected chi connectivity index (χ1v) is 4.53. The number of carbonyl (C=O) groups excluding carboxylic acids is 1. The highest BCUT2D eigenvalue weighted by atomic mass is 16.1. The van der Waals surface area contributed by atoms with E-state index in [0.29, 0.717) is 0 Å². The molecule has 1 amide bonds. The molecule has 1 radical (unpaired) electrons. The molecule has 2 N–H and O–H groups in total. The maximum atomic E-state index is 10.9. The summed E-state index contributed by atoms with van der Waals surface area (Å²) in [5.74, 6) is -0.0901. The number of nitrogens with one attached hydrogen (secondary N) is 2. The van der Waals surface area contributed by atoms with E-state index >= 15 is 0 Å². The summed E-state index contributed by atoms with van der Waals surface area (Å²) in [5.41, 5.74) is 2.68. The average Bonchev–Trinajstić information content (AvgIpc) is 2.69. The molecule has 0 atom stereocenters. The molecular weight excluding hydrogens is 190 g/mol. The van der Waals surface area contributed by atoms with E-state index in [9.17, 15) is 4.79 Å². The van der Waals surface area contributed by atoms with Crippen LogP contribution < -0.4 is 5.32 Å². The molecule has 1 aromatic heterocycles.